The van der Waals surface area contributed by atoms with E-state index in [9.17, 15) is 27.2 Å². The SMILES string of the molecule is CN(CC1CCN(C(=O)c2nnn(-c3ccc(F)cc3)c2C(F)(F)F)CC1)C(=O)OC(C)(C)C. The molecule has 34 heavy (non-hydrogen) atoms. The van der Waals surface area contributed by atoms with Crippen LogP contribution in [0.4, 0.5) is 22.4 Å². The Bertz CT molecular complexity index is 1020. The number of carbonyl (C=O) groups is 2. The van der Waals surface area contributed by atoms with Gasteiger partial charge in [0.05, 0.1) is 5.69 Å². The third-order valence-corrected chi connectivity index (χ3v) is 5.35. The van der Waals surface area contributed by atoms with E-state index >= 15 is 0 Å². The summed E-state index contributed by atoms with van der Waals surface area (Å²) < 4.78 is 60.5. The standard InChI is InChI=1S/C22H27F4N5O3/c1-21(2,3)34-20(33)29(4)13-14-9-11-30(12-10-14)19(32)17-18(22(24,25)26)31(28-27-17)16-7-5-15(23)6-8-16/h5-8,14H,9-13H2,1-4H3. The van der Waals surface area contributed by atoms with Crippen molar-refractivity contribution in [3.05, 3.63) is 41.5 Å². The fourth-order valence-electron chi connectivity index (χ4n) is 3.71. The minimum atomic E-state index is -4.91. The minimum Gasteiger partial charge on any atom is -0.444 e. The van der Waals surface area contributed by atoms with Crippen molar-refractivity contribution in [3.63, 3.8) is 0 Å². The lowest BCUT2D eigenvalue weighted by atomic mass is 9.96. The molecule has 2 heterocycles. The number of ether oxygens (including phenoxy) is 1. The molecule has 2 amide bonds. The highest BCUT2D eigenvalue weighted by Crippen LogP contribution is 2.34. The molecule has 0 aliphatic carbocycles. The fraction of sp³-hybridized carbons (Fsp3) is 0.545. The van der Waals surface area contributed by atoms with Crippen LogP contribution in [0, 0.1) is 11.7 Å². The predicted molar refractivity (Wildman–Crippen MR) is 114 cm³/mol. The van der Waals surface area contributed by atoms with Gasteiger partial charge in [-0.25, -0.2) is 13.9 Å². The molecule has 0 N–H and O–H groups in total. The number of hydrogen-bond donors (Lipinski definition) is 0. The lowest BCUT2D eigenvalue weighted by Gasteiger charge is -2.34. The summed E-state index contributed by atoms with van der Waals surface area (Å²) in [5.74, 6) is -1.42. The van der Waals surface area contributed by atoms with Gasteiger partial charge in [-0.15, -0.1) is 5.10 Å². The molecule has 12 heteroatoms. The van der Waals surface area contributed by atoms with Crippen molar-refractivity contribution in [1.29, 1.82) is 0 Å². The van der Waals surface area contributed by atoms with Crippen LogP contribution in [0.1, 0.15) is 49.8 Å². The van der Waals surface area contributed by atoms with Crippen LogP contribution in [0.15, 0.2) is 24.3 Å². The van der Waals surface area contributed by atoms with Gasteiger partial charge in [-0.1, -0.05) is 5.21 Å². The molecule has 0 saturated carbocycles. The van der Waals surface area contributed by atoms with Gasteiger partial charge in [0.2, 0.25) is 0 Å². The van der Waals surface area contributed by atoms with Crippen LogP contribution in [0.3, 0.4) is 0 Å². The van der Waals surface area contributed by atoms with Crippen LogP contribution in [0.2, 0.25) is 0 Å². The highest BCUT2D eigenvalue weighted by atomic mass is 19.4. The Labute approximate surface area is 194 Å². The molecule has 8 nitrogen and oxygen atoms in total. The van der Waals surface area contributed by atoms with E-state index in [1.54, 1.807) is 27.8 Å². The number of likely N-dealkylation sites (tertiary alicyclic amines) is 1. The molecular weight excluding hydrogens is 458 g/mol. The maximum atomic E-state index is 13.8. The van der Waals surface area contributed by atoms with Crippen LogP contribution in [-0.4, -0.2) is 69.1 Å². The van der Waals surface area contributed by atoms with Crippen molar-refractivity contribution < 1.29 is 31.9 Å². The molecule has 1 aliphatic rings. The van der Waals surface area contributed by atoms with Gasteiger partial charge in [0.25, 0.3) is 5.91 Å². The van der Waals surface area contributed by atoms with E-state index < -0.39 is 41.0 Å². The Hall–Kier alpha value is -3.18. The van der Waals surface area contributed by atoms with Crippen molar-refractivity contribution in [2.45, 2.75) is 45.4 Å². The third-order valence-electron chi connectivity index (χ3n) is 5.35. The number of benzene rings is 1. The smallest absolute Gasteiger partial charge is 0.435 e. The molecule has 0 spiro atoms. The summed E-state index contributed by atoms with van der Waals surface area (Å²) in [4.78, 5) is 27.8. The third kappa shape index (κ3) is 6.03. The summed E-state index contributed by atoms with van der Waals surface area (Å²) in [5.41, 5.74) is -2.80. The van der Waals surface area contributed by atoms with E-state index in [1.807, 2.05) is 0 Å². The molecule has 1 fully saturated rings. The second-order valence-electron chi connectivity index (χ2n) is 9.27. The predicted octanol–water partition coefficient (Wildman–Crippen LogP) is 4.14. The quantitative estimate of drug-likeness (QED) is 0.608. The second-order valence-corrected chi connectivity index (χ2v) is 9.27. The fourth-order valence-corrected chi connectivity index (χ4v) is 3.71. The second kappa shape index (κ2) is 9.59. The van der Waals surface area contributed by atoms with Crippen LogP contribution < -0.4 is 0 Å². The van der Waals surface area contributed by atoms with Gasteiger partial charge in [0, 0.05) is 26.7 Å². The van der Waals surface area contributed by atoms with Gasteiger partial charge >= 0.3 is 12.3 Å². The minimum absolute atomic E-state index is 0.0656. The highest BCUT2D eigenvalue weighted by molar-refractivity contribution is 5.93. The lowest BCUT2D eigenvalue weighted by Crippen LogP contribution is -2.43. The zero-order valence-corrected chi connectivity index (χ0v) is 19.4. The Morgan fingerprint density at radius 1 is 1.12 bits per heavy atom. The van der Waals surface area contributed by atoms with Crippen LogP contribution in [-0.2, 0) is 10.9 Å². The van der Waals surface area contributed by atoms with E-state index in [1.165, 1.54) is 9.80 Å². The van der Waals surface area contributed by atoms with E-state index in [2.05, 4.69) is 10.3 Å². The highest BCUT2D eigenvalue weighted by Gasteiger charge is 2.43. The van der Waals surface area contributed by atoms with Crippen molar-refractivity contribution in [2.24, 2.45) is 5.92 Å². The number of nitrogens with zero attached hydrogens (tertiary/aromatic N) is 5. The summed E-state index contributed by atoms with van der Waals surface area (Å²) >= 11 is 0. The molecule has 1 aromatic heterocycles. The van der Waals surface area contributed by atoms with Gasteiger partial charge in [0.1, 0.15) is 11.4 Å². The summed E-state index contributed by atoms with van der Waals surface area (Å²) in [6.45, 7) is 6.14. The monoisotopic (exact) mass is 485 g/mol. The molecule has 186 valence electrons. The van der Waals surface area contributed by atoms with Crippen LogP contribution in [0.5, 0.6) is 0 Å². The largest absolute Gasteiger partial charge is 0.444 e. The number of carbonyl (C=O) groups excluding carboxylic acids is 2. The maximum Gasteiger partial charge on any atom is 0.435 e. The summed E-state index contributed by atoms with van der Waals surface area (Å²) in [5, 5.41) is 7.04. The summed E-state index contributed by atoms with van der Waals surface area (Å²) in [6, 6.07) is 4.25. The average molecular weight is 485 g/mol. The van der Waals surface area contributed by atoms with E-state index in [0.717, 1.165) is 24.3 Å². The zero-order chi connectivity index (χ0) is 25.3. The van der Waals surface area contributed by atoms with Gasteiger partial charge in [-0.2, -0.15) is 13.2 Å². The van der Waals surface area contributed by atoms with Crippen LogP contribution >= 0.6 is 0 Å². The Morgan fingerprint density at radius 2 is 1.71 bits per heavy atom. The Kier molecular flexibility index (Phi) is 7.18. The first kappa shape index (κ1) is 25.4. The summed E-state index contributed by atoms with van der Waals surface area (Å²) in [7, 11) is 1.62. The van der Waals surface area contributed by atoms with Gasteiger partial charge in [0.15, 0.2) is 11.4 Å². The Morgan fingerprint density at radius 3 is 2.24 bits per heavy atom. The molecule has 2 aromatic rings. The van der Waals surface area contributed by atoms with Gasteiger partial charge < -0.3 is 14.5 Å². The molecule has 0 bridgehead atoms. The first-order valence-electron chi connectivity index (χ1n) is 10.8. The molecule has 1 aromatic carbocycles. The number of amides is 2. The molecule has 0 unspecified atom stereocenters. The van der Waals surface area contributed by atoms with Crippen molar-refractivity contribution in [3.8, 4) is 5.69 Å². The summed E-state index contributed by atoms with van der Waals surface area (Å²) in [6.07, 6.45) is -4.35. The lowest BCUT2D eigenvalue weighted by molar-refractivity contribution is -0.143. The normalized spacial score (nSPS) is 15.4. The number of aromatic nitrogens is 3. The van der Waals surface area contributed by atoms with Crippen molar-refractivity contribution >= 4 is 12.0 Å². The van der Waals surface area contributed by atoms with Crippen molar-refractivity contribution in [1.82, 2.24) is 24.8 Å². The Balaban J connectivity index is 1.69. The molecule has 0 atom stereocenters. The molecule has 1 aliphatic heterocycles. The molecule has 3 rings (SSSR count). The first-order chi connectivity index (χ1) is 15.8. The van der Waals surface area contributed by atoms with Gasteiger partial charge in [-0.3, -0.25) is 4.79 Å². The number of rotatable bonds is 4. The number of alkyl halides is 3. The van der Waals surface area contributed by atoms with E-state index in [0.29, 0.717) is 24.1 Å². The molecule has 1 saturated heterocycles. The average Bonchev–Trinajstić information content (AvgIpc) is 3.19. The zero-order valence-electron chi connectivity index (χ0n) is 19.4. The first-order valence-corrected chi connectivity index (χ1v) is 10.8. The number of hydrogen-bond acceptors (Lipinski definition) is 5. The van der Waals surface area contributed by atoms with Crippen molar-refractivity contribution in [2.75, 3.05) is 26.7 Å². The van der Waals surface area contributed by atoms with E-state index in [4.69, 9.17) is 4.74 Å². The maximum absolute atomic E-state index is 13.8. The topological polar surface area (TPSA) is 80.6 Å². The van der Waals surface area contributed by atoms with E-state index in [-0.39, 0.29) is 24.7 Å². The van der Waals surface area contributed by atoms with Crippen LogP contribution in [0.25, 0.3) is 5.69 Å². The molecular formula is C22H27F4N5O3. The number of halogens is 4. The number of piperidine rings is 1. The van der Waals surface area contributed by atoms with Gasteiger partial charge in [-0.05, 0) is 63.8 Å². The molecule has 0 radical (unpaired) electrons.